The molecular formula is C21H27F3N6O3S. The third-order valence-corrected chi connectivity index (χ3v) is 7.59. The summed E-state index contributed by atoms with van der Waals surface area (Å²) in [7, 11) is 2.18. The van der Waals surface area contributed by atoms with E-state index < -0.39 is 12.1 Å². The number of rotatable bonds is 4. The number of aromatic nitrogens is 3. The smallest absolute Gasteiger partial charge is 0.475 e. The molecule has 9 nitrogen and oxygen atoms in total. The maximum atomic E-state index is 12.7. The molecule has 2 aromatic rings. The molecule has 5 rings (SSSR count). The van der Waals surface area contributed by atoms with Crippen molar-refractivity contribution in [2.75, 3.05) is 20.1 Å². The first-order valence-corrected chi connectivity index (χ1v) is 11.9. The zero-order valence-corrected chi connectivity index (χ0v) is 19.5. The Morgan fingerprint density at radius 1 is 1.29 bits per heavy atom. The van der Waals surface area contributed by atoms with E-state index in [0.29, 0.717) is 11.9 Å². The minimum atomic E-state index is -5.08. The van der Waals surface area contributed by atoms with Crippen LogP contribution >= 0.6 is 11.3 Å². The Hall–Kier alpha value is -2.51. The number of thiophene rings is 1. The van der Waals surface area contributed by atoms with E-state index in [0.717, 1.165) is 57.8 Å². The number of fused-ring (bicyclic) bond motifs is 1. The molecule has 0 aromatic carbocycles. The van der Waals surface area contributed by atoms with Gasteiger partial charge in [-0.25, -0.2) is 4.79 Å². The van der Waals surface area contributed by atoms with E-state index in [1.54, 1.807) is 0 Å². The highest BCUT2D eigenvalue weighted by molar-refractivity contribution is 7.09. The summed E-state index contributed by atoms with van der Waals surface area (Å²) in [6, 6.07) is 4.65. The van der Waals surface area contributed by atoms with Crippen molar-refractivity contribution in [3.05, 3.63) is 34.0 Å². The molecule has 186 valence electrons. The van der Waals surface area contributed by atoms with E-state index in [9.17, 15) is 18.0 Å². The Labute approximate surface area is 198 Å². The van der Waals surface area contributed by atoms with Crippen LogP contribution in [0.1, 0.15) is 47.0 Å². The van der Waals surface area contributed by atoms with Gasteiger partial charge in [-0.1, -0.05) is 6.07 Å². The van der Waals surface area contributed by atoms with Gasteiger partial charge in [-0.15, -0.1) is 21.5 Å². The van der Waals surface area contributed by atoms with Gasteiger partial charge in [0.05, 0.1) is 12.1 Å². The molecular weight excluding hydrogens is 473 g/mol. The minimum absolute atomic E-state index is 0.0537. The van der Waals surface area contributed by atoms with Gasteiger partial charge in [-0.2, -0.15) is 13.2 Å². The quantitative estimate of drug-likeness (QED) is 0.664. The van der Waals surface area contributed by atoms with Crippen LogP contribution in [-0.4, -0.2) is 79.4 Å². The molecule has 34 heavy (non-hydrogen) atoms. The molecule has 2 fully saturated rings. The van der Waals surface area contributed by atoms with Crippen LogP contribution in [0, 0.1) is 0 Å². The van der Waals surface area contributed by atoms with Crippen LogP contribution in [0.25, 0.3) is 0 Å². The highest BCUT2D eigenvalue weighted by Gasteiger charge is 2.46. The fourth-order valence-electron chi connectivity index (χ4n) is 4.52. The number of alkyl halides is 3. The minimum Gasteiger partial charge on any atom is -0.475 e. The highest BCUT2D eigenvalue weighted by Crippen LogP contribution is 2.35. The monoisotopic (exact) mass is 500 g/mol. The fourth-order valence-corrected chi connectivity index (χ4v) is 5.27. The highest BCUT2D eigenvalue weighted by atomic mass is 32.1. The van der Waals surface area contributed by atoms with Crippen molar-refractivity contribution in [2.45, 2.75) is 63.1 Å². The number of nitrogens with zero attached hydrogens (tertiary/aromatic N) is 5. The van der Waals surface area contributed by atoms with Crippen molar-refractivity contribution in [1.29, 1.82) is 0 Å². The second-order valence-corrected chi connectivity index (χ2v) is 10.1. The van der Waals surface area contributed by atoms with Gasteiger partial charge in [0.15, 0.2) is 0 Å². The van der Waals surface area contributed by atoms with Gasteiger partial charge in [0.1, 0.15) is 5.82 Å². The summed E-state index contributed by atoms with van der Waals surface area (Å²) in [5.41, 5.74) is 0.0537. The van der Waals surface area contributed by atoms with Gasteiger partial charge < -0.3 is 15.0 Å². The number of carboxylic acids is 1. The molecule has 1 unspecified atom stereocenters. The molecule has 4 heterocycles. The summed E-state index contributed by atoms with van der Waals surface area (Å²) < 4.78 is 33.8. The molecule has 3 aliphatic rings. The molecule has 0 bridgehead atoms. The second kappa shape index (κ2) is 9.62. The largest absolute Gasteiger partial charge is 0.490 e. The lowest BCUT2D eigenvalue weighted by molar-refractivity contribution is -0.192. The lowest BCUT2D eigenvalue weighted by Crippen LogP contribution is -2.55. The topological polar surface area (TPSA) is 104 Å². The Kier molecular flexibility index (Phi) is 6.97. The van der Waals surface area contributed by atoms with E-state index in [1.165, 1.54) is 11.3 Å². The molecule has 1 saturated carbocycles. The van der Waals surface area contributed by atoms with E-state index in [-0.39, 0.29) is 11.4 Å². The maximum absolute atomic E-state index is 12.7. The maximum Gasteiger partial charge on any atom is 0.490 e. The standard InChI is InChI=1S/C19H26N6OS.C2HF3O2/c1-23-11-16-21-22-17(18(26)20-14-4-2-5-14)25(16)13-19(23)7-8-24(12-19)10-15-6-3-9-27-15;3-2(4,5)1(6)7/h3,6,9,14H,2,4-5,7-8,10-13H2,1H3,(H,20,26);(H,6,7). The van der Waals surface area contributed by atoms with E-state index in [4.69, 9.17) is 9.90 Å². The zero-order valence-electron chi connectivity index (χ0n) is 18.7. The summed E-state index contributed by atoms with van der Waals surface area (Å²) in [6.45, 7) is 4.65. The van der Waals surface area contributed by atoms with Gasteiger partial charge >= 0.3 is 12.1 Å². The van der Waals surface area contributed by atoms with Crippen LogP contribution in [0.15, 0.2) is 17.5 Å². The first-order valence-electron chi connectivity index (χ1n) is 11.1. The van der Waals surface area contributed by atoms with Gasteiger partial charge in [0.2, 0.25) is 5.82 Å². The average molecular weight is 501 g/mol. The molecule has 13 heteroatoms. The number of nitrogens with one attached hydrogen (secondary N) is 1. The lowest BCUT2D eigenvalue weighted by atomic mass is 9.93. The third kappa shape index (κ3) is 5.26. The number of amides is 1. The van der Waals surface area contributed by atoms with Crippen LogP contribution < -0.4 is 5.32 Å². The lowest BCUT2D eigenvalue weighted by Gasteiger charge is -2.43. The van der Waals surface area contributed by atoms with Crippen LogP contribution in [0.5, 0.6) is 0 Å². The van der Waals surface area contributed by atoms with Crippen molar-refractivity contribution in [1.82, 2.24) is 29.9 Å². The van der Waals surface area contributed by atoms with Gasteiger partial charge in [-0.3, -0.25) is 14.6 Å². The summed E-state index contributed by atoms with van der Waals surface area (Å²) >= 11 is 1.82. The van der Waals surface area contributed by atoms with Crippen LogP contribution in [0.4, 0.5) is 13.2 Å². The average Bonchev–Trinajstić information content (AvgIpc) is 3.47. The molecule has 2 aromatic heterocycles. The third-order valence-electron chi connectivity index (χ3n) is 6.73. The van der Waals surface area contributed by atoms with E-state index in [2.05, 4.69) is 54.4 Å². The summed E-state index contributed by atoms with van der Waals surface area (Å²) in [5, 5.41) is 20.9. The number of halogens is 3. The number of hydrogen-bond donors (Lipinski definition) is 2. The predicted molar refractivity (Wildman–Crippen MR) is 117 cm³/mol. The molecule has 1 atom stereocenters. The first kappa shape index (κ1) is 24.6. The molecule has 2 N–H and O–H groups in total. The SMILES string of the molecule is CN1Cc2nnc(C(=O)NC3CCC3)n2CC12CCN(Cc1cccs1)C2.O=C(O)C(F)(F)F. The zero-order chi connectivity index (χ0) is 24.5. The Morgan fingerprint density at radius 2 is 2.03 bits per heavy atom. The van der Waals surface area contributed by atoms with Crippen molar-refractivity contribution >= 4 is 23.2 Å². The van der Waals surface area contributed by atoms with Gasteiger partial charge in [0.25, 0.3) is 5.91 Å². The molecule has 1 aliphatic carbocycles. The van der Waals surface area contributed by atoms with Gasteiger partial charge in [-0.05, 0) is 44.2 Å². The number of aliphatic carboxylic acids is 1. The molecule has 2 aliphatic heterocycles. The van der Waals surface area contributed by atoms with Crippen LogP contribution in [-0.2, 0) is 24.4 Å². The second-order valence-electron chi connectivity index (χ2n) is 9.05. The fraction of sp³-hybridized carbons (Fsp3) is 0.619. The number of hydrogen-bond acceptors (Lipinski definition) is 7. The van der Waals surface area contributed by atoms with Crippen molar-refractivity contribution < 1.29 is 27.9 Å². The summed E-state index contributed by atoms with van der Waals surface area (Å²) in [4.78, 5) is 27.9. The number of carboxylic acid groups (broad SMARTS) is 1. The summed E-state index contributed by atoms with van der Waals surface area (Å²) in [6.07, 6.45) is -0.610. The Bertz CT molecular complexity index is 1020. The molecule has 1 saturated heterocycles. The van der Waals surface area contributed by atoms with Crippen molar-refractivity contribution in [2.24, 2.45) is 0 Å². The first-order chi connectivity index (χ1) is 16.1. The van der Waals surface area contributed by atoms with Crippen LogP contribution in [0.2, 0.25) is 0 Å². The normalized spacial score (nSPS) is 23.2. The van der Waals surface area contributed by atoms with E-state index in [1.807, 2.05) is 11.3 Å². The number of carbonyl (C=O) groups is 2. The number of likely N-dealkylation sites (tertiary alicyclic amines) is 1. The summed E-state index contributed by atoms with van der Waals surface area (Å²) in [5.74, 6) is -1.43. The number of carbonyl (C=O) groups excluding carboxylic acids is 1. The van der Waals surface area contributed by atoms with Crippen molar-refractivity contribution in [3.63, 3.8) is 0 Å². The van der Waals surface area contributed by atoms with Crippen molar-refractivity contribution in [3.8, 4) is 0 Å². The van der Waals surface area contributed by atoms with Crippen LogP contribution in [0.3, 0.4) is 0 Å². The van der Waals surface area contributed by atoms with E-state index >= 15 is 0 Å². The predicted octanol–water partition coefficient (Wildman–Crippen LogP) is 2.35. The molecule has 0 radical (unpaired) electrons. The Morgan fingerprint density at radius 3 is 2.62 bits per heavy atom. The molecule has 1 spiro atoms. The molecule has 1 amide bonds. The Balaban J connectivity index is 0.000000344. The number of likely N-dealkylation sites (N-methyl/N-ethyl adjacent to an activating group) is 1. The van der Waals surface area contributed by atoms with Gasteiger partial charge in [0, 0.05) is 37.1 Å².